The maximum Gasteiger partial charge on any atom is 0.347 e. The summed E-state index contributed by atoms with van der Waals surface area (Å²) in [5.74, 6) is 0.672. The normalized spacial score (nSPS) is 11.5. The first kappa shape index (κ1) is 20.1. The summed E-state index contributed by atoms with van der Waals surface area (Å²) >= 11 is 0. The molecule has 8 heteroatoms. The van der Waals surface area contributed by atoms with Gasteiger partial charge in [0.2, 0.25) is 11.9 Å². The van der Waals surface area contributed by atoms with E-state index in [1.54, 1.807) is 12.1 Å². The lowest BCUT2D eigenvalue weighted by atomic mass is 10.2. The van der Waals surface area contributed by atoms with Gasteiger partial charge in [0, 0.05) is 5.69 Å². The Morgan fingerprint density at radius 3 is 2.52 bits per heavy atom. The first-order valence-electron chi connectivity index (χ1n) is 9.26. The molecule has 1 atom stereocenters. The molecule has 0 radical (unpaired) electrons. The van der Waals surface area contributed by atoms with Crippen molar-refractivity contribution < 1.29 is 14.3 Å². The molecule has 0 spiro atoms. The fourth-order valence-electron chi connectivity index (χ4n) is 2.58. The van der Waals surface area contributed by atoms with E-state index in [1.807, 2.05) is 56.3 Å². The highest BCUT2D eigenvalue weighted by molar-refractivity contribution is 5.75. The number of ether oxygens (including phenoxy) is 2. The Bertz CT molecular complexity index is 966. The average molecular weight is 393 g/mol. The highest BCUT2D eigenvalue weighted by Crippen LogP contribution is 2.18. The van der Waals surface area contributed by atoms with Crippen LogP contribution in [0.4, 0.5) is 17.6 Å². The molecule has 3 aromatic rings. The largest absolute Gasteiger partial charge is 0.479 e. The molecular weight excluding hydrogens is 370 g/mol. The minimum absolute atomic E-state index is 0.0368. The molecule has 0 amide bonds. The van der Waals surface area contributed by atoms with Crippen molar-refractivity contribution in [3.63, 3.8) is 0 Å². The number of benzene rings is 2. The summed E-state index contributed by atoms with van der Waals surface area (Å²) < 4.78 is 11.0. The Morgan fingerprint density at radius 1 is 1.07 bits per heavy atom. The quantitative estimate of drug-likeness (QED) is 0.560. The van der Waals surface area contributed by atoms with Crippen molar-refractivity contribution in [3.8, 4) is 5.75 Å². The molecule has 1 aromatic heterocycles. The number of anilines is 3. The molecule has 1 heterocycles. The van der Waals surface area contributed by atoms with Crippen LogP contribution in [0.3, 0.4) is 0 Å². The summed E-state index contributed by atoms with van der Waals surface area (Å²) in [5.41, 5.74) is 7.66. The van der Waals surface area contributed by atoms with E-state index < -0.39 is 12.1 Å². The van der Waals surface area contributed by atoms with Crippen molar-refractivity contribution >= 4 is 23.6 Å². The molecule has 0 aliphatic heterocycles. The van der Waals surface area contributed by atoms with Crippen LogP contribution in [0.2, 0.25) is 0 Å². The number of aromatic nitrogens is 3. The number of nitrogen functional groups attached to an aromatic ring is 1. The molecule has 0 aliphatic carbocycles. The number of aryl methyl sites for hydroxylation is 1. The van der Waals surface area contributed by atoms with E-state index in [1.165, 1.54) is 0 Å². The minimum Gasteiger partial charge on any atom is -0.479 e. The smallest absolute Gasteiger partial charge is 0.347 e. The number of rotatable bonds is 8. The predicted octanol–water partition coefficient (Wildman–Crippen LogP) is 3.41. The summed E-state index contributed by atoms with van der Waals surface area (Å²) in [5, 5.41) is 3.10. The van der Waals surface area contributed by atoms with Crippen LogP contribution in [-0.2, 0) is 16.1 Å². The average Bonchev–Trinajstić information content (AvgIpc) is 2.72. The Morgan fingerprint density at radius 2 is 1.79 bits per heavy atom. The van der Waals surface area contributed by atoms with Gasteiger partial charge >= 0.3 is 5.97 Å². The van der Waals surface area contributed by atoms with E-state index >= 15 is 0 Å². The van der Waals surface area contributed by atoms with Crippen molar-refractivity contribution in [1.29, 1.82) is 0 Å². The zero-order valence-corrected chi connectivity index (χ0v) is 16.3. The molecule has 8 nitrogen and oxygen atoms in total. The highest BCUT2D eigenvalue weighted by atomic mass is 16.6. The molecule has 3 rings (SSSR count). The number of nitrogens with zero attached hydrogens (tertiary/aromatic N) is 3. The van der Waals surface area contributed by atoms with Crippen LogP contribution in [0, 0.1) is 6.92 Å². The van der Waals surface area contributed by atoms with E-state index in [-0.39, 0.29) is 24.3 Å². The van der Waals surface area contributed by atoms with Crippen LogP contribution >= 0.6 is 0 Å². The van der Waals surface area contributed by atoms with Gasteiger partial charge in [-0.3, -0.25) is 0 Å². The summed E-state index contributed by atoms with van der Waals surface area (Å²) in [7, 11) is 0. The van der Waals surface area contributed by atoms with E-state index in [9.17, 15) is 4.79 Å². The molecule has 0 saturated heterocycles. The fourth-order valence-corrected chi connectivity index (χ4v) is 2.58. The molecule has 0 bridgehead atoms. The molecule has 3 N–H and O–H groups in total. The fraction of sp³-hybridized carbons (Fsp3) is 0.238. The van der Waals surface area contributed by atoms with Gasteiger partial charge in [-0.25, -0.2) is 4.79 Å². The van der Waals surface area contributed by atoms with Crippen molar-refractivity contribution in [2.75, 3.05) is 11.1 Å². The van der Waals surface area contributed by atoms with E-state index in [0.717, 1.165) is 11.3 Å². The van der Waals surface area contributed by atoms with E-state index in [2.05, 4.69) is 20.3 Å². The van der Waals surface area contributed by atoms with Gasteiger partial charge in [-0.2, -0.15) is 15.0 Å². The summed E-state index contributed by atoms with van der Waals surface area (Å²) in [4.78, 5) is 24.8. The maximum absolute atomic E-state index is 12.4. The van der Waals surface area contributed by atoms with Gasteiger partial charge in [0.15, 0.2) is 18.5 Å². The number of carbonyl (C=O) groups excluding carboxylic acids is 1. The van der Waals surface area contributed by atoms with Gasteiger partial charge in [0.1, 0.15) is 5.75 Å². The van der Waals surface area contributed by atoms with Gasteiger partial charge in [0.25, 0.3) is 0 Å². The topological polar surface area (TPSA) is 112 Å². The summed E-state index contributed by atoms with van der Waals surface area (Å²) in [6, 6.07) is 16.8. The molecule has 0 saturated carbocycles. The third kappa shape index (κ3) is 5.65. The van der Waals surface area contributed by atoms with Gasteiger partial charge in [-0.15, -0.1) is 0 Å². The third-order valence-corrected chi connectivity index (χ3v) is 4.09. The summed E-state index contributed by atoms with van der Waals surface area (Å²) in [6.07, 6.45) is -0.256. The van der Waals surface area contributed by atoms with Gasteiger partial charge < -0.3 is 20.5 Å². The van der Waals surface area contributed by atoms with Gasteiger partial charge in [0.05, 0.1) is 0 Å². The predicted molar refractivity (Wildman–Crippen MR) is 110 cm³/mol. The second kappa shape index (κ2) is 9.50. The Kier molecular flexibility index (Phi) is 6.57. The Balaban J connectivity index is 1.64. The second-order valence-electron chi connectivity index (χ2n) is 6.31. The van der Waals surface area contributed by atoms with Crippen LogP contribution in [0.25, 0.3) is 0 Å². The van der Waals surface area contributed by atoms with E-state index in [0.29, 0.717) is 12.2 Å². The van der Waals surface area contributed by atoms with Crippen molar-refractivity contribution in [1.82, 2.24) is 15.0 Å². The SMILES string of the molecule is CC[C@H](Oc1ccccc1)C(=O)OCc1nc(N)nc(Nc2ccccc2C)n1. The lowest BCUT2D eigenvalue weighted by Crippen LogP contribution is -2.28. The molecule has 0 fully saturated rings. The maximum atomic E-state index is 12.4. The van der Waals surface area contributed by atoms with Gasteiger partial charge in [-0.05, 0) is 37.1 Å². The number of nitrogens with two attached hydrogens (primary N) is 1. The third-order valence-electron chi connectivity index (χ3n) is 4.09. The molecule has 0 aliphatic rings. The number of hydrogen-bond acceptors (Lipinski definition) is 8. The summed E-state index contributed by atoms with van der Waals surface area (Å²) in [6.45, 7) is 3.68. The van der Waals surface area contributed by atoms with Crippen molar-refractivity contribution in [2.45, 2.75) is 33.0 Å². The lowest BCUT2D eigenvalue weighted by Gasteiger charge is -2.16. The molecule has 0 unspecified atom stereocenters. The Labute approximate surface area is 169 Å². The van der Waals surface area contributed by atoms with Crippen LogP contribution in [-0.4, -0.2) is 27.0 Å². The van der Waals surface area contributed by atoms with Crippen molar-refractivity contribution in [2.24, 2.45) is 0 Å². The van der Waals surface area contributed by atoms with Crippen LogP contribution in [0.15, 0.2) is 54.6 Å². The van der Waals surface area contributed by atoms with Crippen LogP contribution in [0.1, 0.15) is 24.7 Å². The first-order chi connectivity index (χ1) is 14.0. The van der Waals surface area contributed by atoms with Crippen LogP contribution in [0.5, 0.6) is 5.75 Å². The molecule has 2 aromatic carbocycles. The monoisotopic (exact) mass is 393 g/mol. The number of carbonyl (C=O) groups is 1. The first-order valence-corrected chi connectivity index (χ1v) is 9.26. The zero-order chi connectivity index (χ0) is 20.6. The minimum atomic E-state index is -0.721. The highest BCUT2D eigenvalue weighted by Gasteiger charge is 2.21. The lowest BCUT2D eigenvalue weighted by molar-refractivity contribution is -0.153. The van der Waals surface area contributed by atoms with Crippen molar-refractivity contribution in [3.05, 3.63) is 66.0 Å². The number of nitrogens with one attached hydrogen (secondary N) is 1. The number of esters is 1. The molecule has 29 heavy (non-hydrogen) atoms. The van der Waals surface area contributed by atoms with Crippen LogP contribution < -0.4 is 15.8 Å². The van der Waals surface area contributed by atoms with Gasteiger partial charge in [-0.1, -0.05) is 43.3 Å². The Hall–Kier alpha value is -3.68. The molecular formula is C21H23N5O3. The number of hydrogen-bond donors (Lipinski definition) is 2. The zero-order valence-electron chi connectivity index (χ0n) is 16.3. The molecule has 150 valence electrons. The second-order valence-corrected chi connectivity index (χ2v) is 6.31. The van der Waals surface area contributed by atoms with E-state index in [4.69, 9.17) is 15.2 Å². The standard InChI is InChI=1S/C21H23N5O3/c1-3-17(29-15-10-5-4-6-11-15)19(27)28-13-18-24-20(22)26-21(25-18)23-16-12-8-7-9-14(16)2/h4-12,17H,3,13H2,1-2H3,(H3,22,23,24,25,26)/t17-/m0/s1. The number of para-hydroxylation sites is 2.